The molecule has 2 aromatic rings. The number of benzene rings is 2. The summed E-state index contributed by atoms with van der Waals surface area (Å²) in [6, 6.07) is 10.2. The van der Waals surface area contributed by atoms with Gasteiger partial charge in [-0.15, -0.1) is 0 Å². The molecule has 4 saturated carbocycles. The second-order valence-corrected chi connectivity index (χ2v) is 12.6. The third kappa shape index (κ3) is 4.09. The van der Waals surface area contributed by atoms with Crippen molar-refractivity contribution in [2.24, 2.45) is 17.8 Å². The Kier molecular flexibility index (Phi) is 5.69. The summed E-state index contributed by atoms with van der Waals surface area (Å²) in [4.78, 5) is 42.1. The molecule has 2 aliphatic heterocycles. The number of imide groups is 2. The van der Waals surface area contributed by atoms with E-state index in [9.17, 15) is 14.4 Å². The number of nitrogens with one attached hydrogen (secondary N) is 1. The molecule has 1 N–H and O–H groups in total. The van der Waals surface area contributed by atoms with Crippen molar-refractivity contribution < 1.29 is 18.8 Å². The van der Waals surface area contributed by atoms with Gasteiger partial charge in [0, 0.05) is 13.1 Å². The molecule has 2 heterocycles. The molecular formula is C32H34FN3O3. The molecule has 7 heteroatoms. The molecule has 6 fully saturated rings. The SMILES string of the molecule is Cc1cc(N2CCCC2)c(F)cc1/C=C1\C(=O)NC(=O)N(c2ccc(C34CC5CC(CC(C5)C3)C4)cc2)C1=O. The predicted molar refractivity (Wildman–Crippen MR) is 148 cm³/mol. The zero-order valence-electron chi connectivity index (χ0n) is 22.3. The van der Waals surface area contributed by atoms with Gasteiger partial charge in [-0.2, -0.15) is 0 Å². The highest BCUT2D eigenvalue weighted by Crippen LogP contribution is 2.60. The second kappa shape index (κ2) is 9.04. The van der Waals surface area contributed by atoms with Gasteiger partial charge >= 0.3 is 6.03 Å². The molecule has 4 aliphatic carbocycles. The first-order valence-electron chi connectivity index (χ1n) is 14.4. The maximum absolute atomic E-state index is 15.0. The number of carbonyl (C=O) groups is 3. The van der Waals surface area contributed by atoms with E-state index < -0.39 is 17.8 Å². The van der Waals surface area contributed by atoms with Crippen molar-refractivity contribution in [2.45, 2.75) is 63.7 Å². The average molecular weight is 528 g/mol. The minimum atomic E-state index is -0.769. The fraction of sp³-hybridized carbons (Fsp3) is 0.469. The van der Waals surface area contributed by atoms with Gasteiger partial charge in [0.2, 0.25) is 0 Å². The molecule has 0 unspecified atom stereocenters. The molecule has 202 valence electrons. The van der Waals surface area contributed by atoms with E-state index in [4.69, 9.17) is 0 Å². The Morgan fingerprint density at radius 3 is 2.15 bits per heavy atom. The van der Waals surface area contributed by atoms with E-state index in [1.54, 1.807) is 6.07 Å². The predicted octanol–water partition coefficient (Wildman–Crippen LogP) is 5.87. The van der Waals surface area contributed by atoms with Crippen LogP contribution in [0.5, 0.6) is 0 Å². The first-order valence-corrected chi connectivity index (χ1v) is 14.4. The fourth-order valence-corrected chi connectivity index (χ4v) is 8.51. The molecular weight excluding hydrogens is 493 g/mol. The van der Waals surface area contributed by atoms with Crippen LogP contribution < -0.4 is 15.1 Å². The number of carbonyl (C=O) groups excluding carboxylic acids is 3. The van der Waals surface area contributed by atoms with E-state index >= 15 is 4.39 Å². The number of urea groups is 1. The maximum atomic E-state index is 15.0. The van der Waals surface area contributed by atoms with Crippen LogP contribution in [0, 0.1) is 30.5 Å². The van der Waals surface area contributed by atoms with Crippen LogP contribution in [0.3, 0.4) is 0 Å². The summed E-state index contributed by atoms with van der Waals surface area (Å²) in [5.74, 6) is 0.612. The molecule has 4 amide bonds. The van der Waals surface area contributed by atoms with Gasteiger partial charge in [0.25, 0.3) is 11.8 Å². The van der Waals surface area contributed by atoms with Crippen LogP contribution >= 0.6 is 0 Å². The lowest BCUT2D eigenvalue weighted by atomic mass is 9.48. The highest BCUT2D eigenvalue weighted by atomic mass is 19.1. The minimum absolute atomic E-state index is 0.184. The Balaban J connectivity index is 1.17. The molecule has 0 aromatic heterocycles. The van der Waals surface area contributed by atoms with Crippen LogP contribution in [0.1, 0.15) is 68.1 Å². The van der Waals surface area contributed by atoms with Gasteiger partial charge < -0.3 is 4.90 Å². The molecule has 8 rings (SSSR count). The molecule has 6 aliphatic rings. The van der Waals surface area contributed by atoms with E-state index in [-0.39, 0.29) is 16.8 Å². The standard InChI is InChI=1S/C32H34FN3O3/c1-19-10-28(35-8-2-3-9-35)27(33)15-23(19)14-26-29(37)34-31(39)36(30(26)38)25-6-4-24(5-7-25)32-16-20-11-21(17-32)13-22(12-20)18-32/h4-7,10,14-15,20-22H,2-3,8-9,11-13,16-18H2,1H3,(H,34,37,39)/b26-14+. The highest BCUT2D eigenvalue weighted by molar-refractivity contribution is 6.39. The first kappa shape index (κ1) is 24.6. The Morgan fingerprint density at radius 1 is 0.923 bits per heavy atom. The molecule has 0 spiro atoms. The van der Waals surface area contributed by atoms with Gasteiger partial charge in [-0.1, -0.05) is 12.1 Å². The number of aryl methyl sites for hydroxylation is 1. The van der Waals surface area contributed by atoms with Crippen molar-refractivity contribution in [3.8, 4) is 0 Å². The van der Waals surface area contributed by atoms with Crippen LogP contribution in [-0.2, 0) is 15.0 Å². The zero-order valence-corrected chi connectivity index (χ0v) is 22.3. The second-order valence-electron chi connectivity index (χ2n) is 12.6. The molecule has 39 heavy (non-hydrogen) atoms. The normalized spacial score (nSPS) is 31.0. The van der Waals surface area contributed by atoms with Crippen LogP contribution in [-0.4, -0.2) is 30.9 Å². The molecule has 0 radical (unpaired) electrons. The van der Waals surface area contributed by atoms with Gasteiger partial charge in [-0.25, -0.2) is 14.1 Å². The lowest BCUT2D eigenvalue weighted by Crippen LogP contribution is -2.54. The monoisotopic (exact) mass is 527 g/mol. The highest BCUT2D eigenvalue weighted by Gasteiger charge is 2.51. The van der Waals surface area contributed by atoms with Crippen molar-refractivity contribution in [1.82, 2.24) is 5.32 Å². The van der Waals surface area contributed by atoms with Gasteiger partial charge in [-0.05, 0) is 128 Å². The third-order valence-corrected chi connectivity index (χ3v) is 9.96. The topological polar surface area (TPSA) is 69.7 Å². The molecule has 2 saturated heterocycles. The summed E-state index contributed by atoms with van der Waals surface area (Å²) in [7, 11) is 0. The van der Waals surface area contributed by atoms with E-state index in [0.29, 0.717) is 16.9 Å². The molecule has 6 nitrogen and oxygen atoms in total. The summed E-state index contributed by atoms with van der Waals surface area (Å²) in [5, 5.41) is 2.30. The fourth-order valence-electron chi connectivity index (χ4n) is 8.51. The quantitative estimate of drug-likeness (QED) is 0.399. The smallest absolute Gasteiger partial charge is 0.335 e. The van der Waals surface area contributed by atoms with Crippen molar-refractivity contribution in [2.75, 3.05) is 22.9 Å². The number of amides is 4. The number of barbiturate groups is 1. The van der Waals surface area contributed by atoms with Crippen LogP contribution in [0.15, 0.2) is 42.0 Å². The number of anilines is 2. The van der Waals surface area contributed by atoms with Crippen LogP contribution in [0.25, 0.3) is 6.08 Å². The van der Waals surface area contributed by atoms with E-state index in [1.165, 1.54) is 56.2 Å². The number of nitrogens with zero attached hydrogens (tertiary/aromatic N) is 2. The molecule has 4 bridgehead atoms. The number of halogens is 1. The summed E-state index contributed by atoms with van der Waals surface area (Å²) < 4.78 is 15.0. The molecule has 0 atom stereocenters. The third-order valence-electron chi connectivity index (χ3n) is 9.96. The van der Waals surface area contributed by atoms with Crippen molar-refractivity contribution in [3.05, 3.63) is 64.5 Å². The number of rotatable bonds is 4. The summed E-state index contributed by atoms with van der Waals surface area (Å²) in [6.07, 6.45) is 11.3. The Bertz CT molecular complexity index is 1370. The zero-order chi connectivity index (χ0) is 26.9. The van der Waals surface area contributed by atoms with Gasteiger partial charge in [0.15, 0.2) is 0 Å². The van der Waals surface area contributed by atoms with E-state index in [2.05, 4.69) is 17.4 Å². The summed E-state index contributed by atoms with van der Waals surface area (Å²) in [6.45, 7) is 3.47. The largest absolute Gasteiger partial charge is 0.369 e. The number of hydrogen-bond acceptors (Lipinski definition) is 4. The lowest BCUT2D eigenvalue weighted by Gasteiger charge is -2.57. The lowest BCUT2D eigenvalue weighted by molar-refractivity contribution is -0.122. The van der Waals surface area contributed by atoms with Gasteiger partial charge in [0.1, 0.15) is 11.4 Å². The Morgan fingerprint density at radius 2 is 1.54 bits per heavy atom. The van der Waals surface area contributed by atoms with E-state index in [0.717, 1.165) is 54.1 Å². The van der Waals surface area contributed by atoms with Crippen molar-refractivity contribution in [3.63, 3.8) is 0 Å². The average Bonchev–Trinajstić information content (AvgIpc) is 3.42. The van der Waals surface area contributed by atoms with Crippen LogP contribution in [0.4, 0.5) is 20.6 Å². The summed E-state index contributed by atoms with van der Waals surface area (Å²) in [5.41, 5.74) is 3.50. The minimum Gasteiger partial charge on any atom is -0.369 e. The van der Waals surface area contributed by atoms with Crippen molar-refractivity contribution >= 4 is 35.3 Å². The van der Waals surface area contributed by atoms with E-state index in [1.807, 2.05) is 24.0 Å². The van der Waals surface area contributed by atoms with Gasteiger partial charge in [-0.3, -0.25) is 14.9 Å². The van der Waals surface area contributed by atoms with Gasteiger partial charge in [0.05, 0.1) is 11.4 Å². The first-order chi connectivity index (χ1) is 18.8. The van der Waals surface area contributed by atoms with Crippen molar-refractivity contribution in [1.29, 1.82) is 0 Å². The maximum Gasteiger partial charge on any atom is 0.335 e. The Hall–Kier alpha value is -3.48. The summed E-state index contributed by atoms with van der Waals surface area (Å²) >= 11 is 0. The molecule has 2 aromatic carbocycles. The Labute approximate surface area is 228 Å². The van der Waals surface area contributed by atoms with Crippen LogP contribution in [0.2, 0.25) is 0 Å². The number of hydrogen-bond donors (Lipinski definition) is 1.